The quantitative estimate of drug-likeness (QED) is 0.758. The highest BCUT2D eigenvalue weighted by Gasteiger charge is 2.25. The van der Waals surface area contributed by atoms with Crippen molar-refractivity contribution < 1.29 is 0 Å². The van der Waals surface area contributed by atoms with Gasteiger partial charge in [0.05, 0.1) is 11.2 Å². The smallest absolute Gasteiger partial charge is 0.0843 e. The van der Waals surface area contributed by atoms with E-state index < -0.39 is 0 Å². The zero-order valence-corrected chi connectivity index (χ0v) is 12.8. The molecule has 0 spiro atoms. The number of nitrogens with zero attached hydrogens (tertiary/aromatic N) is 3. The van der Waals surface area contributed by atoms with Gasteiger partial charge >= 0.3 is 0 Å². The van der Waals surface area contributed by atoms with E-state index in [1.807, 2.05) is 0 Å². The minimum absolute atomic E-state index is 0.697. The lowest BCUT2D eigenvalue weighted by Gasteiger charge is -2.36. The van der Waals surface area contributed by atoms with Crippen LogP contribution >= 0.6 is 11.6 Å². The maximum Gasteiger partial charge on any atom is 0.0843 e. The summed E-state index contributed by atoms with van der Waals surface area (Å²) >= 11 is 5.97. The first-order valence-electron chi connectivity index (χ1n) is 7.58. The van der Waals surface area contributed by atoms with Gasteiger partial charge in [0.25, 0.3) is 0 Å². The zero-order chi connectivity index (χ0) is 13.9. The number of hydrogen-bond donors (Lipinski definition) is 0. The second kappa shape index (κ2) is 6.15. The molecule has 108 valence electrons. The second-order valence-electron chi connectivity index (χ2n) is 5.52. The van der Waals surface area contributed by atoms with Gasteiger partial charge in [-0.05, 0) is 25.8 Å². The maximum atomic E-state index is 5.97. The Morgan fingerprint density at radius 2 is 2.15 bits per heavy atom. The SMILES string of the molecule is CCn1nc(CN(CCCl)C2CCC2)c2ccccc21. The van der Waals surface area contributed by atoms with Crippen molar-refractivity contribution in [2.24, 2.45) is 0 Å². The minimum Gasteiger partial charge on any atom is -0.293 e. The lowest BCUT2D eigenvalue weighted by Crippen LogP contribution is -2.40. The molecule has 0 unspecified atom stereocenters. The molecule has 1 aliphatic carbocycles. The van der Waals surface area contributed by atoms with Crippen LogP contribution < -0.4 is 0 Å². The molecule has 1 fully saturated rings. The molecule has 20 heavy (non-hydrogen) atoms. The third-order valence-electron chi connectivity index (χ3n) is 4.35. The Bertz CT molecular complexity index is 574. The Balaban J connectivity index is 1.88. The van der Waals surface area contributed by atoms with E-state index in [9.17, 15) is 0 Å². The number of halogens is 1. The van der Waals surface area contributed by atoms with Gasteiger partial charge in [-0.15, -0.1) is 11.6 Å². The molecule has 0 aliphatic heterocycles. The third-order valence-corrected chi connectivity index (χ3v) is 4.52. The van der Waals surface area contributed by atoms with Gasteiger partial charge in [0.2, 0.25) is 0 Å². The van der Waals surface area contributed by atoms with Crippen molar-refractivity contribution in [1.29, 1.82) is 0 Å². The Labute approximate surface area is 125 Å². The zero-order valence-electron chi connectivity index (χ0n) is 12.1. The molecular formula is C16H22ClN3. The molecule has 1 aliphatic rings. The van der Waals surface area contributed by atoms with E-state index in [1.165, 1.54) is 35.9 Å². The summed E-state index contributed by atoms with van der Waals surface area (Å²) in [4.78, 5) is 2.51. The molecule has 1 aromatic heterocycles. The van der Waals surface area contributed by atoms with Crippen LogP contribution in [0.15, 0.2) is 24.3 Å². The molecule has 0 bridgehead atoms. The van der Waals surface area contributed by atoms with Crippen LogP contribution in [0.2, 0.25) is 0 Å². The molecule has 3 rings (SSSR count). The number of hydrogen-bond acceptors (Lipinski definition) is 2. The predicted molar refractivity (Wildman–Crippen MR) is 84.2 cm³/mol. The fourth-order valence-corrected chi connectivity index (χ4v) is 3.21. The number of fused-ring (bicyclic) bond motifs is 1. The molecule has 2 aromatic rings. The van der Waals surface area contributed by atoms with Gasteiger partial charge in [0.15, 0.2) is 0 Å². The normalized spacial score (nSPS) is 15.9. The van der Waals surface area contributed by atoms with Crippen LogP contribution in [0.25, 0.3) is 10.9 Å². The lowest BCUT2D eigenvalue weighted by atomic mass is 9.91. The summed E-state index contributed by atoms with van der Waals surface area (Å²) in [6.45, 7) is 4.94. The highest BCUT2D eigenvalue weighted by Crippen LogP contribution is 2.27. The van der Waals surface area contributed by atoms with Crippen LogP contribution in [0.3, 0.4) is 0 Å². The first kappa shape index (κ1) is 13.9. The summed E-state index contributed by atoms with van der Waals surface area (Å²) in [6, 6.07) is 9.23. The Kier molecular flexibility index (Phi) is 4.27. The maximum absolute atomic E-state index is 5.97. The van der Waals surface area contributed by atoms with Crippen LogP contribution in [0.5, 0.6) is 0 Å². The molecule has 0 atom stereocenters. The van der Waals surface area contributed by atoms with Crippen molar-refractivity contribution in [3.05, 3.63) is 30.0 Å². The number of para-hydroxylation sites is 1. The molecule has 1 saturated carbocycles. The Hall–Kier alpha value is -1.06. The van der Waals surface area contributed by atoms with Crippen LogP contribution in [0.4, 0.5) is 0 Å². The highest BCUT2D eigenvalue weighted by molar-refractivity contribution is 6.18. The summed E-state index contributed by atoms with van der Waals surface area (Å²) < 4.78 is 2.10. The molecular weight excluding hydrogens is 270 g/mol. The number of aryl methyl sites for hydroxylation is 1. The molecule has 0 saturated heterocycles. The van der Waals surface area contributed by atoms with E-state index in [4.69, 9.17) is 16.7 Å². The van der Waals surface area contributed by atoms with Gasteiger partial charge in [0.1, 0.15) is 0 Å². The number of alkyl halides is 1. The van der Waals surface area contributed by atoms with Crippen molar-refractivity contribution in [2.45, 2.75) is 45.3 Å². The minimum atomic E-state index is 0.697. The van der Waals surface area contributed by atoms with Crippen molar-refractivity contribution in [3.8, 4) is 0 Å². The second-order valence-corrected chi connectivity index (χ2v) is 5.90. The molecule has 3 nitrogen and oxygen atoms in total. The summed E-state index contributed by atoms with van der Waals surface area (Å²) in [7, 11) is 0. The van der Waals surface area contributed by atoms with Crippen molar-refractivity contribution in [3.63, 3.8) is 0 Å². The fourth-order valence-electron chi connectivity index (χ4n) is 3.00. The molecule has 1 heterocycles. The summed E-state index contributed by atoms with van der Waals surface area (Å²) in [6.07, 6.45) is 3.97. The van der Waals surface area contributed by atoms with Gasteiger partial charge in [-0.3, -0.25) is 9.58 Å². The Morgan fingerprint density at radius 1 is 1.35 bits per heavy atom. The first-order valence-corrected chi connectivity index (χ1v) is 8.11. The van der Waals surface area contributed by atoms with E-state index in [1.54, 1.807) is 0 Å². The highest BCUT2D eigenvalue weighted by atomic mass is 35.5. The van der Waals surface area contributed by atoms with Crippen LogP contribution in [-0.2, 0) is 13.1 Å². The summed E-state index contributed by atoms with van der Waals surface area (Å²) in [5.41, 5.74) is 2.43. The van der Waals surface area contributed by atoms with Crippen LogP contribution in [0.1, 0.15) is 31.9 Å². The van der Waals surface area contributed by atoms with E-state index >= 15 is 0 Å². The molecule has 0 radical (unpaired) electrons. The van der Waals surface area contributed by atoms with Crippen molar-refractivity contribution in [1.82, 2.24) is 14.7 Å². The fraction of sp³-hybridized carbons (Fsp3) is 0.562. The average Bonchev–Trinajstić information content (AvgIpc) is 2.76. The first-order chi connectivity index (χ1) is 9.83. The van der Waals surface area contributed by atoms with Crippen molar-refractivity contribution >= 4 is 22.5 Å². The topological polar surface area (TPSA) is 21.1 Å². The van der Waals surface area contributed by atoms with Gasteiger partial charge in [-0.2, -0.15) is 5.10 Å². The van der Waals surface area contributed by atoms with Crippen molar-refractivity contribution in [2.75, 3.05) is 12.4 Å². The van der Waals surface area contributed by atoms with E-state index in [0.29, 0.717) is 11.9 Å². The molecule has 0 amide bonds. The van der Waals surface area contributed by atoms with Gasteiger partial charge in [-0.25, -0.2) is 0 Å². The number of aromatic nitrogens is 2. The lowest BCUT2D eigenvalue weighted by molar-refractivity contribution is 0.126. The van der Waals surface area contributed by atoms with Crippen LogP contribution in [-0.4, -0.2) is 33.1 Å². The average molecular weight is 292 g/mol. The Morgan fingerprint density at radius 3 is 2.80 bits per heavy atom. The number of benzene rings is 1. The molecule has 1 aromatic carbocycles. The predicted octanol–water partition coefficient (Wildman–Crippen LogP) is 3.65. The molecule has 4 heteroatoms. The monoisotopic (exact) mass is 291 g/mol. The van der Waals surface area contributed by atoms with E-state index in [0.717, 1.165) is 19.6 Å². The van der Waals surface area contributed by atoms with Gasteiger partial charge in [0, 0.05) is 36.9 Å². The van der Waals surface area contributed by atoms with E-state index in [-0.39, 0.29) is 0 Å². The third kappa shape index (κ3) is 2.57. The summed E-state index contributed by atoms with van der Waals surface area (Å²) in [5.74, 6) is 0.697. The van der Waals surface area contributed by atoms with E-state index in [2.05, 4.69) is 40.8 Å². The van der Waals surface area contributed by atoms with Crippen LogP contribution in [0, 0.1) is 0 Å². The standard InChI is InChI=1S/C16H22ClN3/c1-2-20-16-9-4-3-8-14(16)15(18-20)12-19(11-10-17)13-6-5-7-13/h3-4,8-9,13H,2,5-7,10-12H2,1H3. The van der Waals surface area contributed by atoms with Gasteiger partial charge < -0.3 is 0 Å². The summed E-state index contributed by atoms with van der Waals surface area (Å²) in [5, 5.41) is 6.09. The van der Waals surface area contributed by atoms with Gasteiger partial charge in [-0.1, -0.05) is 24.6 Å². The number of rotatable bonds is 6. The molecule has 0 N–H and O–H groups in total. The largest absolute Gasteiger partial charge is 0.293 e.